The molecule has 0 amide bonds. The fourth-order valence-corrected chi connectivity index (χ4v) is 0.617. The summed E-state index contributed by atoms with van der Waals surface area (Å²) in [6, 6.07) is 0. The minimum absolute atomic E-state index is 0.0360. The largest absolute Gasteiger partial charge is 0.164 e. The molecule has 0 saturated carbocycles. The van der Waals surface area contributed by atoms with Gasteiger partial charge in [0.05, 0.1) is 5.71 Å². The Hall–Kier alpha value is -0.920. The molecule has 0 fully saturated rings. The predicted molar refractivity (Wildman–Crippen MR) is 51.3 cm³/mol. The maximum atomic E-state index is 4.00. The summed E-state index contributed by atoms with van der Waals surface area (Å²) >= 11 is 0. The molecule has 0 N–H and O–H groups in total. The van der Waals surface area contributed by atoms with Crippen molar-refractivity contribution in [3.8, 4) is 0 Å². The lowest BCUT2D eigenvalue weighted by Crippen LogP contribution is -2.17. The van der Waals surface area contributed by atoms with Crippen molar-refractivity contribution < 1.29 is 0 Å². The molecule has 2 nitrogen and oxygen atoms in total. The number of nitrogens with zero attached hydrogens (tertiary/aromatic N) is 2. The van der Waals surface area contributed by atoms with Crippen molar-refractivity contribution in [2.24, 2.45) is 15.6 Å². The standard InChI is InChI=1S/C9H16N2/c1-6-8(9(3,4)5)11-10-7-2/h6-7H,1H2,2-5H3/b10-7-,11-8+. The first kappa shape index (κ1) is 10.1. The zero-order valence-corrected chi connectivity index (χ0v) is 7.76. The van der Waals surface area contributed by atoms with Gasteiger partial charge in [-0.3, -0.25) is 0 Å². The van der Waals surface area contributed by atoms with Crippen molar-refractivity contribution in [2.75, 3.05) is 0 Å². The van der Waals surface area contributed by atoms with E-state index in [2.05, 4.69) is 37.6 Å². The highest BCUT2D eigenvalue weighted by Crippen LogP contribution is 2.16. The zero-order valence-electron chi connectivity index (χ0n) is 7.76. The van der Waals surface area contributed by atoms with Gasteiger partial charge in [-0.2, -0.15) is 10.2 Å². The summed E-state index contributed by atoms with van der Waals surface area (Å²) in [5.74, 6) is 0. The van der Waals surface area contributed by atoms with Crippen LogP contribution in [0.3, 0.4) is 0 Å². The van der Waals surface area contributed by atoms with Crippen LogP contribution in [0.15, 0.2) is 22.9 Å². The topological polar surface area (TPSA) is 24.7 Å². The van der Waals surface area contributed by atoms with Gasteiger partial charge in [-0.05, 0) is 13.0 Å². The fourth-order valence-electron chi connectivity index (χ4n) is 0.617. The number of hydrogen-bond acceptors (Lipinski definition) is 2. The molecular weight excluding hydrogens is 136 g/mol. The molecule has 62 valence electrons. The molecule has 0 atom stereocenters. The Morgan fingerprint density at radius 1 is 1.36 bits per heavy atom. The van der Waals surface area contributed by atoms with Crippen LogP contribution >= 0.6 is 0 Å². The van der Waals surface area contributed by atoms with Gasteiger partial charge in [0.1, 0.15) is 0 Å². The van der Waals surface area contributed by atoms with Gasteiger partial charge >= 0.3 is 0 Å². The van der Waals surface area contributed by atoms with Crippen LogP contribution in [-0.4, -0.2) is 11.9 Å². The van der Waals surface area contributed by atoms with Gasteiger partial charge in [0.15, 0.2) is 0 Å². The van der Waals surface area contributed by atoms with Crippen LogP contribution in [0.2, 0.25) is 0 Å². The summed E-state index contributed by atoms with van der Waals surface area (Å²) in [6.45, 7) is 11.8. The van der Waals surface area contributed by atoms with Crippen molar-refractivity contribution in [2.45, 2.75) is 27.7 Å². The van der Waals surface area contributed by atoms with E-state index in [-0.39, 0.29) is 5.41 Å². The molecule has 0 spiro atoms. The predicted octanol–water partition coefficient (Wildman–Crippen LogP) is 2.67. The highest BCUT2D eigenvalue weighted by Gasteiger charge is 2.15. The van der Waals surface area contributed by atoms with Gasteiger partial charge in [0, 0.05) is 11.6 Å². The average molecular weight is 152 g/mol. The third-order valence-electron chi connectivity index (χ3n) is 1.24. The van der Waals surface area contributed by atoms with Crippen molar-refractivity contribution in [3.05, 3.63) is 12.7 Å². The molecule has 0 rings (SSSR count). The Balaban J connectivity index is 4.53. The summed E-state index contributed by atoms with van der Waals surface area (Å²) < 4.78 is 0. The van der Waals surface area contributed by atoms with Gasteiger partial charge in [-0.1, -0.05) is 27.4 Å². The van der Waals surface area contributed by atoms with E-state index in [1.165, 1.54) is 0 Å². The lowest BCUT2D eigenvalue weighted by molar-refractivity contribution is 0.592. The smallest absolute Gasteiger partial charge is 0.0677 e. The zero-order chi connectivity index (χ0) is 8.91. The quantitative estimate of drug-likeness (QED) is 0.429. The molecule has 2 heteroatoms. The second-order valence-corrected chi connectivity index (χ2v) is 3.31. The van der Waals surface area contributed by atoms with E-state index >= 15 is 0 Å². The van der Waals surface area contributed by atoms with E-state index < -0.39 is 0 Å². The monoisotopic (exact) mass is 152 g/mol. The molecule has 0 aliphatic carbocycles. The van der Waals surface area contributed by atoms with Crippen LogP contribution in [0.1, 0.15) is 27.7 Å². The van der Waals surface area contributed by atoms with Crippen LogP contribution < -0.4 is 0 Å². The molecule has 0 aliphatic rings. The third-order valence-corrected chi connectivity index (χ3v) is 1.24. The molecular formula is C9H16N2. The van der Waals surface area contributed by atoms with E-state index in [1.807, 2.05) is 6.92 Å². The molecule has 0 bridgehead atoms. The Bertz CT molecular complexity index is 182. The normalized spacial score (nSPS) is 14.0. The van der Waals surface area contributed by atoms with E-state index in [4.69, 9.17) is 0 Å². The second kappa shape index (κ2) is 4.06. The first-order valence-corrected chi connectivity index (χ1v) is 3.71. The average Bonchev–Trinajstić information content (AvgIpc) is 1.87. The maximum Gasteiger partial charge on any atom is 0.0677 e. The van der Waals surface area contributed by atoms with E-state index in [0.717, 1.165) is 5.71 Å². The number of rotatable bonds is 2. The van der Waals surface area contributed by atoms with Crippen molar-refractivity contribution in [1.29, 1.82) is 0 Å². The maximum absolute atomic E-state index is 4.00. The van der Waals surface area contributed by atoms with Crippen LogP contribution in [0.4, 0.5) is 0 Å². The molecule has 0 unspecified atom stereocenters. The first-order valence-electron chi connectivity index (χ1n) is 3.71. The summed E-state index contributed by atoms with van der Waals surface area (Å²) in [5, 5.41) is 7.80. The van der Waals surface area contributed by atoms with E-state index in [0.29, 0.717) is 0 Å². The van der Waals surface area contributed by atoms with Crippen molar-refractivity contribution in [3.63, 3.8) is 0 Å². The summed E-state index contributed by atoms with van der Waals surface area (Å²) in [7, 11) is 0. The van der Waals surface area contributed by atoms with Gasteiger partial charge in [-0.15, -0.1) is 0 Å². The third kappa shape index (κ3) is 3.71. The van der Waals surface area contributed by atoms with Gasteiger partial charge in [0.25, 0.3) is 0 Å². The van der Waals surface area contributed by atoms with Gasteiger partial charge in [-0.25, -0.2) is 0 Å². The Morgan fingerprint density at radius 2 is 1.91 bits per heavy atom. The lowest BCUT2D eigenvalue weighted by atomic mass is 9.90. The minimum atomic E-state index is 0.0360. The highest BCUT2D eigenvalue weighted by molar-refractivity contribution is 5.98. The Morgan fingerprint density at radius 3 is 2.18 bits per heavy atom. The molecule has 0 aromatic heterocycles. The van der Waals surface area contributed by atoms with Gasteiger partial charge < -0.3 is 0 Å². The lowest BCUT2D eigenvalue weighted by Gasteiger charge is -2.16. The minimum Gasteiger partial charge on any atom is -0.164 e. The molecule has 0 saturated heterocycles. The number of allylic oxidation sites excluding steroid dienone is 1. The molecule has 0 heterocycles. The van der Waals surface area contributed by atoms with E-state index in [9.17, 15) is 0 Å². The van der Waals surface area contributed by atoms with Crippen LogP contribution in [0, 0.1) is 5.41 Å². The molecule has 0 aliphatic heterocycles. The van der Waals surface area contributed by atoms with E-state index in [1.54, 1.807) is 12.3 Å². The SMILES string of the molecule is C=C/C(=N\N=C/C)C(C)(C)C. The summed E-state index contributed by atoms with van der Waals surface area (Å²) in [5.41, 5.74) is 0.949. The number of hydrogen-bond donors (Lipinski definition) is 0. The molecule has 0 radical (unpaired) electrons. The second-order valence-electron chi connectivity index (χ2n) is 3.31. The highest BCUT2D eigenvalue weighted by atomic mass is 15.2. The summed E-state index contributed by atoms with van der Waals surface area (Å²) in [4.78, 5) is 0. The van der Waals surface area contributed by atoms with Crippen LogP contribution in [0.25, 0.3) is 0 Å². The fraction of sp³-hybridized carbons (Fsp3) is 0.556. The van der Waals surface area contributed by atoms with Crippen molar-refractivity contribution >= 4 is 11.9 Å². The Labute approximate surface area is 68.7 Å². The van der Waals surface area contributed by atoms with Gasteiger partial charge in [0.2, 0.25) is 0 Å². The van der Waals surface area contributed by atoms with Crippen LogP contribution in [-0.2, 0) is 0 Å². The van der Waals surface area contributed by atoms with Crippen molar-refractivity contribution in [1.82, 2.24) is 0 Å². The van der Waals surface area contributed by atoms with Crippen LogP contribution in [0.5, 0.6) is 0 Å². The molecule has 11 heavy (non-hydrogen) atoms. The Kier molecular flexibility index (Phi) is 3.72. The molecule has 0 aromatic rings. The first-order chi connectivity index (χ1) is 5.02. The molecule has 0 aromatic carbocycles. The summed E-state index contributed by atoms with van der Waals surface area (Å²) in [6.07, 6.45) is 3.40.